The van der Waals surface area contributed by atoms with Gasteiger partial charge in [0, 0.05) is 9.79 Å². The Morgan fingerprint density at radius 3 is 1.22 bits per heavy atom. The fourth-order valence-electron chi connectivity index (χ4n) is 1.27. The van der Waals surface area contributed by atoms with Gasteiger partial charge in [0.15, 0.2) is 0 Å². The van der Waals surface area contributed by atoms with Gasteiger partial charge in [0.2, 0.25) is 0 Å². The van der Waals surface area contributed by atoms with Gasteiger partial charge in [-0.05, 0) is 48.5 Å². The van der Waals surface area contributed by atoms with Crippen LogP contribution in [0, 0.1) is 0 Å². The third-order valence-corrected chi connectivity index (χ3v) is 4.62. The first-order chi connectivity index (χ1) is 8.81. The predicted octanol–water partition coefficient (Wildman–Crippen LogP) is 4.09. The van der Waals surface area contributed by atoms with Gasteiger partial charge in [-0.25, -0.2) is 0 Å². The lowest BCUT2D eigenvalue weighted by molar-refractivity contribution is 0.388. The highest BCUT2D eigenvalue weighted by Crippen LogP contribution is 2.37. The van der Waals surface area contributed by atoms with Gasteiger partial charge >= 0.3 is 0 Å². The lowest BCUT2D eigenvalue weighted by Crippen LogP contribution is -1.87. The number of hydrogen-bond acceptors (Lipinski definition) is 6. The first-order valence-corrected chi connectivity index (χ1v) is 7.31. The fourth-order valence-corrected chi connectivity index (χ4v) is 3.20. The maximum Gasteiger partial charge on any atom is 0.0602 e. The molecule has 0 saturated carbocycles. The summed E-state index contributed by atoms with van der Waals surface area (Å²) < 4.78 is 0. The third kappa shape index (κ3) is 3.58. The molecule has 2 rings (SSSR count). The summed E-state index contributed by atoms with van der Waals surface area (Å²) in [6.45, 7) is 0. The minimum atomic E-state index is 0.669. The average Bonchev–Trinajstić information content (AvgIpc) is 2.46. The molecule has 0 unspecified atom stereocenters. The Hall–Kier alpha value is -1.34. The Morgan fingerprint density at radius 1 is 0.611 bits per heavy atom. The molecule has 0 aromatic heterocycles. The van der Waals surface area contributed by atoms with E-state index in [1.807, 2.05) is 48.5 Å². The highest BCUT2D eigenvalue weighted by molar-refractivity contribution is 8.76. The Balaban J connectivity index is 1.93. The summed E-state index contributed by atoms with van der Waals surface area (Å²) in [6, 6.07) is 15.0. The lowest BCUT2D eigenvalue weighted by Gasteiger charge is -2.04. The van der Waals surface area contributed by atoms with Gasteiger partial charge < -0.3 is 0 Å². The largest absolute Gasteiger partial charge is 0.291 e. The van der Waals surface area contributed by atoms with Crippen molar-refractivity contribution in [1.29, 1.82) is 0 Å². The smallest absolute Gasteiger partial charge is 0.0602 e. The van der Waals surface area contributed by atoms with E-state index < -0.39 is 0 Å². The number of nitrogens with one attached hydrogen (secondary N) is 2. The first-order valence-electron chi connectivity index (χ1n) is 5.16. The van der Waals surface area contributed by atoms with Crippen LogP contribution in [-0.4, -0.2) is 10.4 Å². The molecule has 2 aromatic rings. The standard InChI is InChI=1S/C12H12N2O2S2/c15-13-9-1-5-11(6-2-9)17-18-12-7-3-10(14-16)4-8-12/h1-8,13-16H. The van der Waals surface area contributed by atoms with E-state index in [1.165, 1.54) is 0 Å². The van der Waals surface area contributed by atoms with Crippen molar-refractivity contribution in [1.82, 2.24) is 0 Å². The maximum absolute atomic E-state index is 8.70. The van der Waals surface area contributed by atoms with E-state index in [1.54, 1.807) is 21.6 Å². The van der Waals surface area contributed by atoms with Crippen molar-refractivity contribution in [3.63, 3.8) is 0 Å². The van der Waals surface area contributed by atoms with Crippen LogP contribution in [-0.2, 0) is 0 Å². The molecule has 18 heavy (non-hydrogen) atoms. The number of benzene rings is 2. The Morgan fingerprint density at radius 2 is 0.944 bits per heavy atom. The summed E-state index contributed by atoms with van der Waals surface area (Å²) in [4.78, 5) is 2.20. The minimum Gasteiger partial charge on any atom is -0.291 e. The number of anilines is 2. The molecule has 0 heterocycles. The van der Waals surface area contributed by atoms with Crippen LogP contribution in [0.5, 0.6) is 0 Å². The monoisotopic (exact) mass is 280 g/mol. The molecule has 0 aliphatic rings. The first kappa shape index (κ1) is 13.1. The molecular formula is C12H12N2O2S2. The van der Waals surface area contributed by atoms with E-state index in [0.29, 0.717) is 11.4 Å². The lowest BCUT2D eigenvalue weighted by atomic mass is 10.3. The summed E-state index contributed by atoms with van der Waals surface area (Å²) in [5, 5.41) is 17.4. The number of rotatable bonds is 5. The Bertz CT molecular complexity index is 441. The minimum absolute atomic E-state index is 0.669. The van der Waals surface area contributed by atoms with Crippen molar-refractivity contribution in [3.05, 3.63) is 48.5 Å². The summed E-state index contributed by atoms with van der Waals surface area (Å²) in [5.41, 5.74) is 5.53. The zero-order valence-corrected chi connectivity index (χ0v) is 11.0. The van der Waals surface area contributed by atoms with Crippen LogP contribution < -0.4 is 11.0 Å². The topological polar surface area (TPSA) is 64.5 Å². The van der Waals surface area contributed by atoms with Crippen molar-refractivity contribution in [3.8, 4) is 0 Å². The van der Waals surface area contributed by atoms with Crippen LogP contribution in [0.25, 0.3) is 0 Å². The second kappa shape index (κ2) is 6.55. The highest BCUT2D eigenvalue weighted by Gasteiger charge is 1.98. The molecular weight excluding hydrogens is 268 g/mol. The normalized spacial score (nSPS) is 10.1. The molecule has 2 aromatic carbocycles. The van der Waals surface area contributed by atoms with E-state index in [9.17, 15) is 0 Å². The van der Waals surface area contributed by atoms with Gasteiger partial charge in [0.1, 0.15) is 0 Å². The van der Waals surface area contributed by atoms with Gasteiger partial charge in [-0.15, -0.1) is 0 Å². The van der Waals surface area contributed by atoms with E-state index >= 15 is 0 Å². The maximum atomic E-state index is 8.70. The van der Waals surface area contributed by atoms with Gasteiger partial charge in [-0.2, -0.15) is 0 Å². The van der Waals surface area contributed by atoms with Crippen LogP contribution in [0.15, 0.2) is 58.3 Å². The molecule has 0 atom stereocenters. The van der Waals surface area contributed by atoms with E-state index in [4.69, 9.17) is 10.4 Å². The van der Waals surface area contributed by atoms with E-state index in [0.717, 1.165) is 9.79 Å². The van der Waals surface area contributed by atoms with Gasteiger partial charge in [-0.1, -0.05) is 21.6 Å². The van der Waals surface area contributed by atoms with E-state index in [2.05, 4.69) is 11.0 Å². The van der Waals surface area contributed by atoms with Crippen LogP contribution in [0.2, 0.25) is 0 Å². The van der Waals surface area contributed by atoms with Crippen LogP contribution in [0.4, 0.5) is 11.4 Å². The fraction of sp³-hybridized carbons (Fsp3) is 0. The van der Waals surface area contributed by atoms with Crippen LogP contribution >= 0.6 is 21.6 Å². The Labute approximate surface area is 113 Å². The van der Waals surface area contributed by atoms with E-state index in [-0.39, 0.29) is 0 Å². The molecule has 6 heteroatoms. The second-order valence-corrected chi connectivity index (χ2v) is 5.72. The molecule has 0 aliphatic heterocycles. The second-order valence-electron chi connectivity index (χ2n) is 3.44. The molecule has 0 bridgehead atoms. The molecule has 0 spiro atoms. The molecule has 0 aliphatic carbocycles. The third-order valence-electron chi connectivity index (χ3n) is 2.20. The molecule has 94 valence electrons. The predicted molar refractivity (Wildman–Crippen MR) is 75.4 cm³/mol. The quantitative estimate of drug-likeness (QED) is 0.489. The SMILES string of the molecule is ONc1ccc(SSc2ccc(NO)cc2)cc1. The zero-order valence-electron chi connectivity index (χ0n) is 9.33. The van der Waals surface area contributed by atoms with Gasteiger partial charge in [0.05, 0.1) is 11.4 Å². The molecule has 0 radical (unpaired) electrons. The average molecular weight is 280 g/mol. The molecule has 4 nitrogen and oxygen atoms in total. The highest BCUT2D eigenvalue weighted by atomic mass is 33.1. The van der Waals surface area contributed by atoms with Crippen molar-refractivity contribution in [2.75, 3.05) is 11.0 Å². The van der Waals surface area contributed by atoms with Gasteiger partial charge in [-0.3, -0.25) is 21.4 Å². The van der Waals surface area contributed by atoms with Crippen molar-refractivity contribution in [2.24, 2.45) is 0 Å². The Kier molecular flexibility index (Phi) is 4.77. The number of hydrogen-bond donors (Lipinski definition) is 4. The van der Waals surface area contributed by atoms with Crippen LogP contribution in [0.1, 0.15) is 0 Å². The van der Waals surface area contributed by atoms with Gasteiger partial charge in [0.25, 0.3) is 0 Å². The van der Waals surface area contributed by atoms with Crippen molar-refractivity contribution in [2.45, 2.75) is 9.79 Å². The molecule has 0 saturated heterocycles. The van der Waals surface area contributed by atoms with Crippen molar-refractivity contribution >= 4 is 33.0 Å². The summed E-state index contributed by atoms with van der Waals surface area (Å²) in [5.74, 6) is 0. The summed E-state index contributed by atoms with van der Waals surface area (Å²) in [6.07, 6.45) is 0. The zero-order chi connectivity index (χ0) is 12.8. The molecule has 0 fully saturated rings. The summed E-state index contributed by atoms with van der Waals surface area (Å²) in [7, 11) is 3.26. The van der Waals surface area contributed by atoms with Crippen molar-refractivity contribution < 1.29 is 10.4 Å². The molecule has 4 N–H and O–H groups in total. The van der Waals surface area contributed by atoms with Crippen LogP contribution in [0.3, 0.4) is 0 Å². The summed E-state index contributed by atoms with van der Waals surface area (Å²) >= 11 is 0. The molecule has 0 amide bonds.